The Morgan fingerprint density at radius 2 is 2.12 bits per heavy atom. The van der Waals surface area contributed by atoms with E-state index in [1.165, 1.54) is 19.3 Å². The van der Waals surface area contributed by atoms with Gasteiger partial charge >= 0.3 is 0 Å². The molecule has 5 heteroatoms. The molecule has 0 unspecified atom stereocenters. The average molecular weight is 257 g/mol. The summed E-state index contributed by atoms with van der Waals surface area (Å²) >= 11 is 1.74. The van der Waals surface area contributed by atoms with Crippen molar-refractivity contribution in [2.24, 2.45) is 7.05 Å². The molecule has 1 saturated carbocycles. The van der Waals surface area contributed by atoms with E-state index in [4.69, 9.17) is 0 Å². The fourth-order valence-electron chi connectivity index (χ4n) is 2.01. The van der Waals surface area contributed by atoms with Crippen LogP contribution in [0.2, 0.25) is 0 Å². The van der Waals surface area contributed by atoms with Gasteiger partial charge in [0.25, 0.3) is 0 Å². The van der Waals surface area contributed by atoms with E-state index in [0.29, 0.717) is 12.3 Å². The molecule has 0 aliphatic heterocycles. The van der Waals surface area contributed by atoms with Crippen LogP contribution in [0.4, 0.5) is 4.39 Å². The first-order chi connectivity index (χ1) is 8.33. The number of aromatic nitrogens is 3. The second-order valence-electron chi connectivity index (χ2n) is 4.63. The van der Waals surface area contributed by atoms with Crippen molar-refractivity contribution in [3.8, 4) is 0 Å². The fourth-order valence-corrected chi connectivity index (χ4v) is 2.93. The zero-order valence-corrected chi connectivity index (χ0v) is 11.2. The minimum absolute atomic E-state index is 0.194. The van der Waals surface area contributed by atoms with Gasteiger partial charge in [0.15, 0.2) is 5.16 Å². The van der Waals surface area contributed by atoms with E-state index < -0.39 is 0 Å². The summed E-state index contributed by atoms with van der Waals surface area (Å²) in [6.45, 7) is -0.194. The number of thioether (sulfide) groups is 1. The van der Waals surface area contributed by atoms with Gasteiger partial charge in [-0.1, -0.05) is 24.6 Å². The summed E-state index contributed by atoms with van der Waals surface area (Å²) < 4.78 is 14.0. The molecule has 0 spiro atoms. The quantitative estimate of drug-likeness (QED) is 0.554. The molecule has 0 N–H and O–H groups in total. The van der Waals surface area contributed by atoms with Gasteiger partial charge in [-0.15, -0.1) is 10.2 Å². The summed E-state index contributed by atoms with van der Waals surface area (Å²) in [6.07, 6.45) is 6.55. The molecule has 17 heavy (non-hydrogen) atoms. The number of rotatable bonds is 7. The molecule has 1 aromatic heterocycles. The van der Waals surface area contributed by atoms with Crippen molar-refractivity contribution < 1.29 is 4.39 Å². The molecular weight excluding hydrogens is 237 g/mol. The van der Waals surface area contributed by atoms with E-state index in [2.05, 4.69) is 21.8 Å². The maximum Gasteiger partial charge on any atom is 0.190 e. The summed E-state index contributed by atoms with van der Waals surface area (Å²) in [5.41, 5.74) is 0. The number of halogens is 1. The normalized spacial score (nSPS) is 16.1. The van der Waals surface area contributed by atoms with E-state index in [1.54, 1.807) is 11.8 Å². The molecule has 1 fully saturated rings. The lowest BCUT2D eigenvalue weighted by Crippen LogP contribution is -2.14. The number of hydrogen-bond donors (Lipinski definition) is 0. The maximum atomic E-state index is 11.9. The first-order valence-electron chi connectivity index (χ1n) is 6.41. The largest absolute Gasteiger partial charge is 0.309 e. The summed E-state index contributed by atoms with van der Waals surface area (Å²) in [5, 5.41) is 9.53. The predicted molar refractivity (Wildman–Crippen MR) is 68.1 cm³/mol. The van der Waals surface area contributed by atoms with Crippen LogP contribution in [0.3, 0.4) is 0 Å². The van der Waals surface area contributed by atoms with Crippen molar-refractivity contribution in [1.82, 2.24) is 14.8 Å². The highest BCUT2D eigenvalue weighted by atomic mass is 32.2. The Hall–Kier alpha value is -0.580. The average Bonchev–Trinajstić information content (AvgIpc) is 2.59. The number of hydrogen-bond acceptors (Lipinski definition) is 3. The van der Waals surface area contributed by atoms with E-state index in [9.17, 15) is 4.39 Å². The van der Waals surface area contributed by atoms with Crippen LogP contribution >= 0.6 is 11.8 Å². The Balaban J connectivity index is 1.78. The third kappa shape index (κ3) is 3.21. The minimum atomic E-state index is -0.194. The lowest BCUT2D eigenvalue weighted by atomic mass is 9.85. The topological polar surface area (TPSA) is 30.7 Å². The van der Waals surface area contributed by atoms with E-state index in [1.807, 2.05) is 0 Å². The van der Waals surface area contributed by atoms with Crippen LogP contribution in [0.15, 0.2) is 5.16 Å². The molecule has 2 rings (SSSR count). The highest BCUT2D eigenvalue weighted by molar-refractivity contribution is 7.99. The van der Waals surface area contributed by atoms with E-state index in [-0.39, 0.29) is 6.67 Å². The minimum Gasteiger partial charge on any atom is -0.309 e. The third-order valence-corrected chi connectivity index (χ3v) is 4.45. The molecule has 0 bridgehead atoms. The van der Waals surface area contributed by atoms with Crippen LogP contribution in [0.5, 0.6) is 0 Å². The van der Waals surface area contributed by atoms with Crippen LogP contribution in [0.25, 0.3) is 0 Å². The highest BCUT2D eigenvalue weighted by Crippen LogP contribution is 2.36. The monoisotopic (exact) mass is 257 g/mol. The van der Waals surface area contributed by atoms with E-state index >= 15 is 0 Å². The summed E-state index contributed by atoms with van der Waals surface area (Å²) in [4.78, 5) is 0. The van der Waals surface area contributed by atoms with Crippen molar-refractivity contribution in [3.63, 3.8) is 0 Å². The Morgan fingerprint density at radius 3 is 2.76 bits per heavy atom. The van der Waals surface area contributed by atoms with Gasteiger partial charge in [0.1, 0.15) is 5.82 Å². The van der Waals surface area contributed by atoms with Crippen LogP contribution in [0.1, 0.15) is 50.3 Å². The first kappa shape index (κ1) is 12.9. The van der Waals surface area contributed by atoms with Gasteiger partial charge in [-0.2, -0.15) is 0 Å². The number of nitrogens with zero attached hydrogens (tertiary/aromatic N) is 3. The predicted octanol–water partition coefficient (Wildman–Crippen LogP) is 3.31. The van der Waals surface area contributed by atoms with Crippen molar-refractivity contribution in [2.75, 3.05) is 12.4 Å². The molecule has 0 saturated heterocycles. The fraction of sp³-hybridized carbons (Fsp3) is 0.833. The first-order valence-corrected chi connectivity index (χ1v) is 7.39. The highest BCUT2D eigenvalue weighted by Gasteiger charge is 2.25. The molecule has 0 radical (unpaired) electrons. The second-order valence-corrected chi connectivity index (χ2v) is 5.69. The van der Waals surface area contributed by atoms with Crippen LogP contribution in [-0.2, 0) is 7.05 Å². The zero-order chi connectivity index (χ0) is 12.1. The molecule has 1 aliphatic rings. The SMILES string of the molecule is Cn1c(SCCCCCF)nnc1C1CCC1. The van der Waals surface area contributed by atoms with Crippen molar-refractivity contribution >= 4 is 11.8 Å². The second kappa shape index (κ2) is 6.38. The van der Waals surface area contributed by atoms with Crippen LogP contribution < -0.4 is 0 Å². The maximum absolute atomic E-state index is 11.9. The number of unbranched alkanes of at least 4 members (excludes halogenated alkanes) is 2. The Bertz CT molecular complexity index is 350. The molecule has 1 aromatic rings. The van der Waals surface area contributed by atoms with Crippen LogP contribution in [-0.4, -0.2) is 27.2 Å². The van der Waals surface area contributed by atoms with Gasteiger partial charge in [-0.05, 0) is 25.7 Å². The molecule has 3 nitrogen and oxygen atoms in total. The van der Waals surface area contributed by atoms with Gasteiger partial charge < -0.3 is 4.57 Å². The summed E-state index contributed by atoms with van der Waals surface area (Å²) in [6, 6.07) is 0. The van der Waals surface area contributed by atoms with E-state index in [0.717, 1.165) is 29.6 Å². The van der Waals surface area contributed by atoms with Gasteiger partial charge in [-0.25, -0.2) is 0 Å². The zero-order valence-electron chi connectivity index (χ0n) is 10.4. The molecular formula is C12H20FN3S. The smallest absolute Gasteiger partial charge is 0.190 e. The molecule has 96 valence electrons. The Kier molecular flexibility index (Phi) is 4.83. The van der Waals surface area contributed by atoms with Crippen LogP contribution in [0, 0.1) is 0 Å². The molecule has 0 aromatic carbocycles. The molecule has 0 amide bonds. The van der Waals surface area contributed by atoms with Crippen molar-refractivity contribution in [3.05, 3.63) is 5.82 Å². The molecule has 1 heterocycles. The summed E-state index contributed by atoms with van der Waals surface area (Å²) in [7, 11) is 2.05. The van der Waals surface area contributed by atoms with Gasteiger partial charge in [0, 0.05) is 18.7 Å². The standard InChI is InChI=1S/C12H20FN3S/c1-16-11(10-6-5-7-10)14-15-12(16)17-9-4-2-3-8-13/h10H,2-9H2,1H3. The van der Waals surface area contributed by atoms with Gasteiger partial charge in [0.05, 0.1) is 6.67 Å². The Morgan fingerprint density at radius 1 is 1.29 bits per heavy atom. The van der Waals surface area contributed by atoms with Gasteiger partial charge in [-0.3, -0.25) is 4.39 Å². The molecule has 1 aliphatic carbocycles. The Labute approximate surface area is 106 Å². The third-order valence-electron chi connectivity index (χ3n) is 3.35. The van der Waals surface area contributed by atoms with Crippen molar-refractivity contribution in [2.45, 2.75) is 49.6 Å². The van der Waals surface area contributed by atoms with Gasteiger partial charge in [0.2, 0.25) is 0 Å². The number of alkyl halides is 1. The summed E-state index contributed by atoms with van der Waals surface area (Å²) in [5.74, 6) is 2.78. The van der Waals surface area contributed by atoms with Crippen molar-refractivity contribution in [1.29, 1.82) is 0 Å². The molecule has 0 atom stereocenters. The lowest BCUT2D eigenvalue weighted by molar-refractivity contribution is 0.390. The lowest BCUT2D eigenvalue weighted by Gasteiger charge is -2.23.